The Hall–Kier alpha value is -1.05. The van der Waals surface area contributed by atoms with Gasteiger partial charge in [0.2, 0.25) is 0 Å². The fraction of sp³-hybridized carbons (Fsp3) is 0.318. The molecule has 35 heavy (non-hydrogen) atoms. The van der Waals surface area contributed by atoms with Crippen molar-refractivity contribution in [2.24, 2.45) is 0 Å². The fourth-order valence-electron chi connectivity index (χ4n) is 3.01. The van der Waals surface area contributed by atoms with Crippen LogP contribution in [0.15, 0.2) is 23.1 Å². The smallest absolute Gasteiger partial charge is 0.340 e. The molecule has 0 radical (unpaired) electrons. The summed E-state index contributed by atoms with van der Waals surface area (Å²) in [6.45, 7) is 5.78. The van der Waals surface area contributed by atoms with E-state index in [0.717, 1.165) is 0 Å². The maximum Gasteiger partial charge on any atom is 0.340 e. The van der Waals surface area contributed by atoms with Crippen molar-refractivity contribution in [2.45, 2.75) is 38.5 Å². The Bertz CT molecular complexity index is 1290. The van der Waals surface area contributed by atoms with Gasteiger partial charge in [-0.25, -0.2) is 9.59 Å². The van der Waals surface area contributed by atoms with Gasteiger partial charge in [-0.1, -0.05) is 13.8 Å². The van der Waals surface area contributed by atoms with E-state index in [1.807, 2.05) is 67.8 Å². The average molecular weight is 842 g/mol. The molecule has 2 rings (SSSR count). The van der Waals surface area contributed by atoms with Crippen LogP contribution in [0.25, 0.3) is 0 Å². The molecule has 0 saturated heterocycles. The lowest BCUT2D eigenvalue weighted by Gasteiger charge is -2.15. The van der Waals surface area contributed by atoms with E-state index < -0.39 is 28.0 Å². The highest BCUT2D eigenvalue weighted by atomic mass is 127. The Labute approximate surface area is 243 Å². The quantitative estimate of drug-likeness (QED) is 0.127. The van der Waals surface area contributed by atoms with Crippen molar-refractivity contribution in [3.8, 4) is 5.75 Å². The highest BCUT2D eigenvalue weighted by molar-refractivity contribution is 14.1. The Kier molecular flexibility index (Phi) is 10.7. The number of carbonyl (C=O) groups is 3. The predicted molar refractivity (Wildman–Crippen MR) is 152 cm³/mol. The summed E-state index contributed by atoms with van der Waals surface area (Å²) in [5.74, 6) is -1.93. The standard InChI is InChI=1S/C22H21I3O9S/c1-10(2)13-8-14(11(3)7-17(13)35(29,30)31)21(27)32-5-6-33-22(28)18-15(23)9-16(24)20(19(18)25)34-12(4)26/h7-10H,5-6H2,1-4H3,(H,29,30,31). The number of esters is 3. The van der Waals surface area contributed by atoms with E-state index in [1.165, 1.54) is 26.0 Å². The summed E-state index contributed by atoms with van der Waals surface area (Å²) < 4.78 is 50.2. The first-order valence-corrected chi connectivity index (χ1v) is 14.6. The predicted octanol–water partition coefficient (Wildman–Crippen LogP) is 5.12. The fourth-order valence-corrected chi connectivity index (χ4v) is 7.96. The molecule has 0 atom stereocenters. The number of hydrogen-bond donors (Lipinski definition) is 1. The number of ether oxygens (including phenoxy) is 3. The van der Waals surface area contributed by atoms with Gasteiger partial charge < -0.3 is 14.2 Å². The number of benzene rings is 2. The molecule has 0 fully saturated rings. The largest absolute Gasteiger partial charge is 0.458 e. The third-order valence-electron chi connectivity index (χ3n) is 4.60. The van der Waals surface area contributed by atoms with Crippen LogP contribution in [0.2, 0.25) is 0 Å². The van der Waals surface area contributed by atoms with E-state index in [9.17, 15) is 27.4 Å². The van der Waals surface area contributed by atoms with Gasteiger partial charge in [0.25, 0.3) is 10.1 Å². The van der Waals surface area contributed by atoms with E-state index in [2.05, 4.69) is 0 Å². The monoisotopic (exact) mass is 842 g/mol. The summed E-state index contributed by atoms with van der Waals surface area (Å²) >= 11 is 5.89. The van der Waals surface area contributed by atoms with Crippen LogP contribution in [0.4, 0.5) is 0 Å². The summed E-state index contributed by atoms with van der Waals surface area (Å²) in [5, 5.41) is 0. The molecule has 0 aliphatic carbocycles. The first-order chi connectivity index (χ1) is 16.1. The summed E-state index contributed by atoms with van der Waals surface area (Å²) in [4.78, 5) is 36.4. The lowest BCUT2D eigenvalue weighted by Crippen LogP contribution is -2.18. The van der Waals surface area contributed by atoms with Crippen LogP contribution in [0.5, 0.6) is 5.75 Å². The minimum Gasteiger partial charge on any atom is -0.458 e. The first-order valence-electron chi connectivity index (χ1n) is 9.97. The molecule has 0 saturated carbocycles. The van der Waals surface area contributed by atoms with E-state index in [-0.39, 0.29) is 46.5 Å². The van der Waals surface area contributed by atoms with Crippen LogP contribution >= 0.6 is 67.8 Å². The molecule has 0 spiro atoms. The number of rotatable bonds is 8. The maximum absolute atomic E-state index is 12.7. The van der Waals surface area contributed by atoms with Crippen molar-refractivity contribution in [2.75, 3.05) is 13.2 Å². The van der Waals surface area contributed by atoms with Crippen molar-refractivity contribution in [3.05, 3.63) is 51.2 Å². The van der Waals surface area contributed by atoms with Gasteiger partial charge in [-0.05, 0) is 110 Å². The third kappa shape index (κ3) is 7.72. The Morgan fingerprint density at radius 1 is 0.971 bits per heavy atom. The molecule has 13 heteroatoms. The summed E-state index contributed by atoms with van der Waals surface area (Å²) in [5.41, 5.74) is 0.959. The third-order valence-corrected chi connectivity index (χ3v) is 8.19. The molecule has 0 amide bonds. The Morgan fingerprint density at radius 3 is 2.06 bits per heavy atom. The van der Waals surface area contributed by atoms with Crippen LogP contribution in [0, 0.1) is 17.6 Å². The van der Waals surface area contributed by atoms with E-state index >= 15 is 0 Å². The first kappa shape index (κ1) is 30.2. The normalized spacial score (nSPS) is 11.3. The molecule has 2 aromatic rings. The summed E-state index contributed by atoms with van der Waals surface area (Å²) in [6, 6.07) is 4.29. The van der Waals surface area contributed by atoms with Gasteiger partial charge in [0.05, 0.1) is 23.2 Å². The van der Waals surface area contributed by atoms with Crippen molar-refractivity contribution in [1.82, 2.24) is 0 Å². The summed E-state index contributed by atoms with van der Waals surface area (Å²) in [6.07, 6.45) is 0. The highest BCUT2D eigenvalue weighted by Crippen LogP contribution is 2.34. The van der Waals surface area contributed by atoms with Gasteiger partial charge in [-0.2, -0.15) is 8.42 Å². The summed E-state index contributed by atoms with van der Waals surface area (Å²) in [7, 11) is -4.46. The van der Waals surface area contributed by atoms with Crippen LogP contribution in [0.3, 0.4) is 0 Å². The molecule has 0 unspecified atom stereocenters. The number of aryl methyl sites for hydroxylation is 1. The molecular weight excluding hydrogens is 821 g/mol. The van der Waals surface area contributed by atoms with Gasteiger partial charge in [0.15, 0.2) is 5.75 Å². The SMILES string of the molecule is CC(=O)Oc1c(I)cc(I)c(C(=O)OCCOC(=O)c2cc(C(C)C)c(S(=O)(=O)O)cc2C)c1I. The van der Waals surface area contributed by atoms with E-state index in [4.69, 9.17) is 14.2 Å². The lowest BCUT2D eigenvalue weighted by atomic mass is 9.97. The zero-order valence-corrected chi connectivity index (χ0v) is 26.3. The van der Waals surface area contributed by atoms with Crippen molar-refractivity contribution in [3.63, 3.8) is 0 Å². The zero-order valence-electron chi connectivity index (χ0n) is 19.0. The minimum atomic E-state index is -4.46. The second kappa shape index (κ2) is 12.5. The molecule has 190 valence electrons. The van der Waals surface area contributed by atoms with E-state index in [1.54, 1.807) is 19.9 Å². The Balaban J connectivity index is 2.12. The molecular formula is C22H21I3O9S. The molecule has 0 aromatic heterocycles. The van der Waals surface area contributed by atoms with Gasteiger partial charge >= 0.3 is 17.9 Å². The highest BCUT2D eigenvalue weighted by Gasteiger charge is 2.24. The van der Waals surface area contributed by atoms with Crippen LogP contribution in [-0.4, -0.2) is 44.1 Å². The molecule has 1 N–H and O–H groups in total. The second-order valence-corrected chi connectivity index (χ2v) is 12.4. The van der Waals surface area contributed by atoms with Gasteiger partial charge in [-0.3, -0.25) is 9.35 Å². The van der Waals surface area contributed by atoms with Crippen molar-refractivity contribution in [1.29, 1.82) is 0 Å². The topological polar surface area (TPSA) is 133 Å². The molecule has 0 heterocycles. The molecule has 0 aliphatic heterocycles. The lowest BCUT2D eigenvalue weighted by molar-refractivity contribution is -0.132. The van der Waals surface area contributed by atoms with Crippen molar-refractivity contribution >= 4 is 95.8 Å². The van der Waals surface area contributed by atoms with Crippen LogP contribution in [0.1, 0.15) is 58.5 Å². The number of halogens is 3. The van der Waals surface area contributed by atoms with Crippen molar-refractivity contribution < 1.29 is 41.6 Å². The van der Waals surface area contributed by atoms with Crippen LogP contribution in [-0.2, 0) is 24.4 Å². The maximum atomic E-state index is 12.7. The van der Waals surface area contributed by atoms with Gasteiger partial charge in [-0.15, -0.1) is 0 Å². The van der Waals surface area contributed by atoms with Crippen LogP contribution < -0.4 is 4.74 Å². The second-order valence-electron chi connectivity index (χ2n) is 7.56. The number of hydrogen-bond acceptors (Lipinski definition) is 8. The molecule has 2 aromatic carbocycles. The van der Waals surface area contributed by atoms with Gasteiger partial charge in [0, 0.05) is 10.5 Å². The minimum absolute atomic E-state index is 0.139. The van der Waals surface area contributed by atoms with Gasteiger partial charge in [0.1, 0.15) is 13.2 Å². The molecule has 0 bridgehead atoms. The van der Waals surface area contributed by atoms with E-state index in [0.29, 0.717) is 16.3 Å². The number of carbonyl (C=O) groups excluding carboxylic acids is 3. The molecule has 0 aliphatic rings. The zero-order chi connectivity index (χ0) is 26.7. The molecule has 9 nitrogen and oxygen atoms in total. The Morgan fingerprint density at radius 2 is 1.54 bits per heavy atom. The average Bonchev–Trinajstić information content (AvgIpc) is 2.72.